The molecule has 1 fully saturated rings. The molecule has 1 saturated carbocycles. The first-order valence-corrected chi connectivity index (χ1v) is 11.0. The molecule has 192 valence electrons. The Bertz CT molecular complexity index is 841. The topological polar surface area (TPSA) is 161 Å². The van der Waals surface area contributed by atoms with Crippen LogP contribution in [0.15, 0.2) is 4.99 Å². The Labute approximate surface area is 199 Å². The number of nitrogens with zero attached hydrogens (tertiary/aromatic N) is 1. The molecular formula is C22H36N4O8. The van der Waals surface area contributed by atoms with E-state index in [-0.39, 0.29) is 31.7 Å². The van der Waals surface area contributed by atoms with Gasteiger partial charge in [-0.3, -0.25) is 14.9 Å². The summed E-state index contributed by atoms with van der Waals surface area (Å²) in [4.78, 5) is 65.5. The number of hydrogen-bond acceptors (Lipinski definition) is 8. The van der Waals surface area contributed by atoms with Gasteiger partial charge >= 0.3 is 18.2 Å². The summed E-state index contributed by atoms with van der Waals surface area (Å²) in [6.07, 6.45) is -1.97. The van der Waals surface area contributed by atoms with Crippen LogP contribution in [0.2, 0.25) is 0 Å². The number of guanidine groups is 1. The van der Waals surface area contributed by atoms with Gasteiger partial charge in [-0.2, -0.15) is 0 Å². The molecule has 0 bridgehead atoms. The number of amides is 3. The molecule has 0 heterocycles. The van der Waals surface area contributed by atoms with Crippen LogP contribution in [-0.4, -0.2) is 65.2 Å². The Kier molecular flexibility index (Phi) is 9.59. The quantitative estimate of drug-likeness (QED) is 0.229. The monoisotopic (exact) mass is 484 g/mol. The standard InChI is InChI=1S/C22H36N4O8/c1-9-32-16(29)15(23-13(2)27)22(11-10-14(28)12-22)26-17(24-18(30)33-20(3,4)5)25-19(31)34-21(6,7)8/h15H,9-12H2,1-8H3,(H,23,27)(H2,24,25,26,30,31)/t15-,22+/m1/s1. The van der Waals surface area contributed by atoms with Gasteiger partial charge in [0, 0.05) is 19.8 Å². The number of Topliss-reactive ketones (excluding diaryl/α,β-unsaturated/α-hetero) is 1. The van der Waals surface area contributed by atoms with Crippen LogP contribution in [0.3, 0.4) is 0 Å². The van der Waals surface area contributed by atoms with Crippen LogP contribution in [0.25, 0.3) is 0 Å². The van der Waals surface area contributed by atoms with Crippen molar-refractivity contribution >= 4 is 35.8 Å². The Hall–Kier alpha value is -3.18. The average Bonchev–Trinajstić information content (AvgIpc) is 2.97. The minimum Gasteiger partial charge on any atom is -0.464 e. The zero-order chi connectivity index (χ0) is 26.3. The van der Waals surface area contributed by atoms with Gasteiger partial charge in [0.1, 0.15) is 17.0 Å². The number of aliphatic imine (C=N–C) groups is 1. The average molecular weight is 485 g/mol. The minimum absolute atomic E-state index is 0.0357. The lowest BCUT2D eigenvalue weighted by atomic mass is 9.87. The zero-order valence-corrected chi connectivity index (χ0v) is 21.1. The number of ether oxygens (including phenoxy) is 3. The van der Waals surface area contributed by atoms with E-state index < -0.39 is 52.8 Å². The lowest BCUT2D eigenvalue weighted by molar-refractivity contribution is -0.149. The number of esters is 1. The van der Waals surface area contributed by atoms with Gasteiger partial charge in [0.25, 0.3) is 0 Å². The van der Waals surface area contributed by atoms with Crippen molar-refractivity contribution in [3.05, 3.63) is 0 Å². The molecule has 3 N–H and O–H groups in total. The second-order valence-corrected chi connectivity index (χ2v) is 9.95. The maximum absolute atomic E-state index is 12.7. The fourth-order valence-electron chi connectivity index (χ4n) is 3.27. The highest BCUT2D eigenvalue weighted by Crippen LogP contribution is 2.31. The molecule has 1 rings (SSSR count). The normalized spacial score (nSPS) is 19.6. The molecule has 0 aromatic carbocycles. The Morgan fingerprint density at radius 3 is 2.09 bits per heavy atom. The fraction of sp³-hybridized carbons (Fsp3) is 0.727. The number of alkyl carbamates (subject to hydrolysis) is 1. The van der Waals surface area contributed by atoms with Gasteiger partial charge in [0.15, 0.2) is 6.04 Å². The summed E-state index contributed by atoms with van der Waals surface area (Å²) in [5.41, 5.74) is -3.15. The Balaban J connectivity index is 3.43. The molecule has 12 nitrogen and oxygen atoms in total. The molecular weight excluding hydrogens is 448 g/mol. The first-order valence-electron chi connectivity index (χ1n) is 11.0. The third-order valence-corrected chi connectivity index (χ3v) is 4.37. The van der Waals surface area contributed by atoms with Crippen molar-refractivity contribution in [2.75, 3.05) is 6.61 Å². The van der Waals surface area contributed by atoms with Crippen molar-refractivity contribution in [1.82, 2.24) is 16.0 Å². The molecule has 12 heteroatoms. The molecule has 1 aliphatic rings. The van der Waals surface area contributed by atoms with Crippen LogP contribution >= 0.6 is 0 Å². The molecule has 0 saturated heterocycles. The molecule has 1 aliphatic carbocycles. The summed E-state index contributed by atoms with van der Waals surface area (Å²) in [6.45, 7) is 12.7. The summed E-state index contributed by atoms with van der Waals surface area (Å²) < 4.78 is 15.5. The highest BCUT2D eigenvalue weighted by atomic mass is 16.6. The van der Waals surface area contributed by atoms with Crippen molar-refractivity contribution in [2.24, 2.45) is 4.99 Å². The molecule has 3 amide bonds. The van der Waals surface area contributed by atoms with E-state index >= 15 is 0 Å². The van der Waals surface area contributed by atoms with Gasteiger partial charge in [0.2, 0.25) is 11.9 Å². The molecule has 34 heavy (non-hydrogen) atoms. The van der Waals surface area contributed by atoms with Gasteiger partial charge in [0.05, 0.1) is 12.1 Å². The molecule has 0 spiro atoms. The number of ketones is 1. The van der Waals surface area contributed by atoms with Crippen molar-refractivity contribution in [3.8, 4) is 0 Å². The number of carbonyl (C=O) groups is 5. The van der Waals surface area contributed by atoms with Gasteiger partial charge in [-0.1, -0.05) is 0 Å². The van der Waals surface area contributed by atoms with Crippen molar-refractivity contribution in [1.29, 1.82) is 0 Å². The van der Waals surface area contributed by atoms with E-state index in [0.29, 0.717) is 0 Å². The van der Waals surface area contributed by atoms with Crippen LogP contribution in [0.5, 0.6) is 0 Å². The summed E-state index contributed by atoms with van der Waals surface area (Å²) in [7, 11) is 0. The van der Waals surface area contributed by atoms with E-state index in [9.17, 15) is 24.0 Å². The first-order chi connectivity index (χ1) is 15.5. The first kappa shape index (κ1) is 28.9. The Morgan fingerprint density at radius 2 is 1.65 bits per heavy atom. The van der Waals surface area contributed by atoms with Crippen molar-refractivity contribution in [2.45, 2.75) is 97.4 Å². The van der Waals surface area contributed by atoms with E-state index in [1.54, 1.807) is 48.5 Å². The summed E-state index contributed by atoms with van der Waals surface area (Å²) in [5, 5.41) is 7.69. The van der Waals surface area contributed by atoms with Crippen LogP contribution in [-0.2, 0) is 28.6 Å². The van der Waals surface area contributed by atoms with E-state index in [1.165, 1.54) is 6.92 Å². The molecule has 0 aromatic rings. The summed E-state index contributed by atoms with van der Waals surface area (Å²) >= 11 is 0. The lowest BCUT2D eigenvalue weighted by Crippen LogP contribution is -2.66. The summed E-state index contributed by atoms with van der Waals surface area (Å²) in [5.74, 6) is -1.92. The van der Waals surface area contributed by atoms with Crippen LogP contribution in [0.4, 0.5) is 9.59 Å². The number of rotatable bonds is 5. The molecule has 0 aromatic heterocycles. The van der Waals surface area contributed by atoms with Crippen molar-refractivity contribution < 1.29 is 38.2 Å². The van der Waals surface area contributed by atoms with Gasteiger partial charge in [-0.25, -0.2) is 14.4 Å². The van der Waals surface area contributed by atoms with Crippen LogP contribution in [0, 0.1) is 0 Å². The van der Waals surface area contributed by atoms with Gasteiger partial charge in [-0.05, 0) is 54.9 Å². The third kappa shape index (κ3) is 9.75. The van der Waals surface area contributed by atoms with Gasteiger partial charge in [-0.15, -0.1) is 4.99 Å². The fourth-order valence-corrected chi connectivity index (χ4v) is 3.27. The number of carbonyl (C=O) groups excluding carboxylic acids is 5. The van der Waals surface area contributed by atoms with Crippen LogP contribution in [0.1, 0.15) is 74.7 Å². The van der Waals surface area contributed by atoms with E-state index in [0.717, 1.165) is 0 Å². The molecule has 2 atom stereocenters. The van der Waals surface area contributed by atoms with E-state index in [1.807, 2.05) is 0 Å². The van der Waals surface area contributed by atoms with Crippen LogP contribution < -0.4 is 16.0 Å². The highest BCUT2D eigenvalue weighted by molar-refractivity contribution is 6.00. The lowest BCUT2D eigenvalue weighted by Gasteiger charge is -2.37. The largest absolute Gasteiger partial charge is 0.464 e. The number of hydrogen-bond donors (Lipinski definition) is 3. The van der Waals surface area contributed by atoms with Crippen molar-refractivity contribution in [3.63, 3.8) is 0 Å². The predicted octanol–water partition coefficient (Wildman–Crippen LogP) is 1.95. The van der Waals surface area contributed by atoms with E-state index in [4.69, 9.17) is 14.2 Å². The predicted molar refractivity (Wildman–Crippen MR) is 122 cm³/mol. The zero-order valence-electron chi connectivity index (χ0n) is 21.1. The molecule has 0 unspecified atom stereocenters. The third-order valence-electron chi connectivity index (χ3n) is 4.37. The second kappa shape index (κ2) is 11.3. The highest BCUT2D eigenvalue weighted by Gasteiger charge is 2.50. The second-order valence-electron chi connectivity index (χ2n) is 9.95. The smallest absolute Gasteiger partial charge is 0.437 e. The minimum atomic E-state index is -1.43. The molecule has 0 aliphatic heterocycles. The maximum Gasteiger partial charge on any atom is 0.437 e. The van der Waals surface area contributed by atoms with Gasteiger partial charge < -0.3 is 24.8 Å². The summed E-state index contributed by atoms with van der Waals surface area (Å²) in [6, 6.07) is -1.30. The molecule has 0 radical (unpaired) electrons. The maximum atomic E-state index is 12.7. The van der Waals surface area contributed by atoms with E-state index in [2.05, 4.69) is 20.9 Å². The SMILES string of the molecule is CCOC(=O)[C@@H](NC(C)=O)[C@]1(NC(=NC(=O)OC(C)(C)C)NC(=O)OC(C)(C)C)CCC(=O)C1. The Morgan fingerprint density at radius 1 is 1.06 bits per heavy atom. The number of nitrogens with one attached hydrogen (secondary N) is 3.